The first-order valence-electron chi connectivity index (χ1n) is 7.03. The predicted octanol–water partition coefficient (Wildman–Crippen LogP) is 3.38. The fourth-order valence-corrected chi connectivity index (χ4v) is 7.84. The Morgan fingerprint density at radius 3 is 2.38 bits per heavy atom. The molecule has 1 radical (unpaired) electrons. The zero-order valence-electron chi connectivity index (χ0n) is 12.7. The predicted molar refractivity (Wildman–Crippen MR) is 96.8 cm³/mol. The fraction of sp³-hybridized carbons (Fsp3) is 0.111. The molecule has 0 aliphatic carbocycles. The molecular formula is C18H21OSi2. The third kappa shape index (κ3) is 3.70. The second kappa shape index (κ2) is 6.85. The van der Waals surface area contributed by atoms with Crippen molar-refractivity contribution in [2.75, 3.05) is 0 Å². The maximum Gasteiger partial charge on any atom is 0.234 e. The molecule has 1 unspecified atom stereocenters. The van der Waals surface area contributed by atoms with Gasteiger partial charge in [-0.3, -0.25) is 0 Å². The van der Waals surface area contributed by atoms with Crippen molar-refractivity contribution >= 4 is 33.8 Å². The molecule has 0 aliphatic rings. The molecule has 0 heterocycles. The molecule has 0 spiro atoms. The lowest BCUT2D eigenvalue weighted by Gasteiger charge is -2.28. The summed E-state index contributed by atoms with van der Waals surface area (Å²) in [6.07, 6.45) is 1.87. The second-order valence-corrected chi connectivity index (χ2v) is 10.9. The molecule has 107 valence electrons. The molecule has 0 N–H and O–H groups in total. The lowest BCUT2D eigenvalue weighted by atomic mass is 10.2. The van der Waals surface area contributed by atoms with Gasteiger partial charge in [-0.15, -0.1) is 6.58 Å². The van der Waals surface area contributed by atoms with Crippen molar-refractivity contribution in [3.63, 3.8) is 0 Å². The first-order valence-corrected chi connectivity index (χ1v) is 11.4. The minimum atomic E-state index is -2.13. The van der Waals surface area contributed by atoms with E-state index in [-0.39, 0.29) is 0 Å². The fourth-order valence-electron chi connectivity index (χ4n) is 2.24. The summed E-state index contributed by atoms with van der Waals surface area (Å²) in [7, 11) is -3.17. The van der Waals surface area contributed by atoms with Crippen LogP contribution in [-0.2, 0) is 4.12 Å². The quantitative estimate of drug-likeness (QED) is 0.743. The van der Waals surface area contributed by atoms with E-state index < -0.39 is 17.4 Å². The van der Waals surface area contributed by atoms with Gasteiger partial charge in [0.05, 0.1) is 0 Å². The molecule has 1 atom stereocenters. The van der Waals surface area contributed by atoms with Gasteiger partial charge in [0.25, 0.3) is 0 Å². The van der Waals surface area contributed by atoms with E-state index in [4.69, 9.17) is 4.12 Å². The van der Waals surface area contributed by atoms with Gasteiger partial charge in [-0.1, -0.05) is 73.0 Å². The summed E-state index contributed by atoms with van der Waals surface area (Å²) in [5, 5.41) is 2.54. The summed E-state index contributed by atoms with van der Waals surface area (Å²) >= 11 is 0. The molecule has 0 bridgehead atoms. The topological polar surface area (TPSA) is 9.23 Å². The highest BCUT2D eigenvalue weighted by molar-refractivity contribution is 6.94. The first-order chi connectivity index (χ1) is 10.1. The maximum absolute atomic E-state index is 6.55. The number of hydrogen-bond acceptors (Lipinski definition) is 1. The van der Waals surface area contributed by atoms with E-state index >= 15 is 0 Å². The van der Waals surface area contributed by atoms with E-state index in [9.17, 15) is 0 Å². The molecule has 2 aromatic carbocycles. The van der Waals surface area contributed by atoms with Gasteiger partial charge in [0, 0.05) is 0 Å². The number of hydrogen-bond donors (Lipinski definition) is 0. The van der Waals surface area contributed by atoms with E-state index in [0.29, 0.717) is 0 Å². The number of benzene rings is 2. The Morgan fingerprint density at radius 1 is 1.05 bits per heavy atom. The van der Waals surface area contributed by atoms with Gasteiger partial charge in [-0.2, -0.15) is 0 Å². The van der Waals surface area contributed by atoms with E-state index in [1.165, 1.54) is 10.4 Å². The van der Waals surface area contributed by atoms with Crippen LogP contribution in [0.3, 0.4) is 0 Å². The molecular weight excluding hydrogens is 288 g/mol. The van der Waals surface area contributed by atoms with E-state index in [2.05, 4.69) is 74.8 Å². The van der Waals surface area contributed by atoms with Crippen molar-refractivity contribution in [2.24, 2.45) is 0 Å². The van der Waals surface area contributed by atoms with Crippen LogP contribution in [0, 0.1) is 0 Å². The molecule has 0 aliphatic heterocycles. The van der Waals surface area contributed by atoms with Crippen LogP contribution in [0.4, 0.5) is 0 Å². The lowest BCUT2D eigenvalue weighted by Crippen LogP contribution is -2.52. The molecule has 0 aromatic heterocycles. The van der Waals surface area contributed by atoms with Crippen LogP contribution in [0.5, 0.6) is 0 Å². The minimum absolute atomic E-state index is 1.04. The average Bonchev–Trinajstić information content (AvgIpc) is 2.55. The molecule has 0 saturated heterocycles. The molecule has 0 saturated carbocycles. The van der Waals surface area contributed by atoms with Crippen LogP contribution in [0.25, 0.3) is 6.08 Å². The van der Waals surface area contributed by atoms with E-state index in [1.807, 2.05) is 17.8 Å². The highest BCUT2D eigenvalue weighted by Crippen LogP contribution is 2.11. The third-order valence-electron chi connectivity index (χ3n) is 3.63. The SMILES string of the molecule is C=Cc1cccc([Si](C)(C=C)O[Si](C)c2ccccc2)c1. The summed E-state index contributed by atoms with van der Waals surface area (Å²) in [5.41, 5.74) is 3.15. The Labute approximate surface area is 130 Å². The standard InChI is InChI=1S/C18H21OSi2/c1-5-16-11-10-14-18(15-16)21(4,6-2)19-20(3)17-12-8-7-9-13-17/h5-15H,1-2H2,3-4H3. The smallest absolute Gasteiger partial charge is 0.234 e. The highest BCUT2D eigenvalue weighted by Gasteiger charge is 2.31. The van der Waals surface area contributed by atoms with Gasteiger partial charge in [0.2, 0.25) is 17.4 Å². The first kappa shape index (κ1) is 15.7. The largest absolute Gasteiger partial charge is 0.446 e. The highest BCUT2D eigenvalue weighted by atomic mass is 28.4. The van der Waals surface area contributed by atoms with Crippen LogP contribution in [-0.4, -0.2) is 17.4 Å². The Morgan fingerprint density at radius 2 is 1.76 bits per heavy atom. The monoisotopic (exact) mass is 309 g/mol. The summed E-state index contributed by atoms with van der Waals surface area (Å²) < 4.78 is 6.55. The van der Waals surface area contributed by atoms with Crippen molar-refractivity contribution in [3.8, 4) is 0 Å². The Kier molecular flexibility index (Phi) is 5.12. The molecule has 0 amide bonds. The van der Waals surface area contributed by atoms with Gasteiger partial charge >= 0.3 is 0 Å². The van der Waals surface area contributed by atoms with Gasteiger partial charge in [-0.05, 0) is 29.0 Å². The second-order valence-electron chi connectivity index (χ2n) is 5.17. The van der Waals surface area contributed by atoms with Crippen molar-refractivity contribution in [2.45, 2.75) is 13.1 Å². The van der Waals surface area contributed by atoms with E-state index in [1.54, 1.807) is 0 Å². The van der Waals surface area contributed by atoms with E-state index in [0.717, 1.165) is 5.56 Å². The van der Waals surface area contributed by atoms with Crippen LogP contribution in [0.2, 0.25) is 13.1 Å². The van der Waals surface area contributed by atoms with Crippen LogP contribution in [0.15, 0.2) is 73.5 Å². The van der Waals surface area contributed by atoms with Crippen molar-refractivity contribution in [1.82, 2.24) is 0 Å². The lowest BCUT2D eigenvalue weighted by molar-refractivity contribution is 0.602. The molecule has 21 heavy (non-hydrogen) atoms. The molecule has 2 rings (SSSR count). The summed E-state index contributed by atoms with van der Waals surface area (Å²) in [6.45, 7) is 12.3. The van der Waals surface area contributed by atoms with Crippen molar-refractivity contribution in [1.29, 1.82) is 0 Å². The third-order valence-corrected chi connectivity index (χ3v) is 9.93. The average molecular weight is 310 g/mol. The Bertz CT molecular complexity index is 624. The zero-order valence-corrected chi connectivity index (χ0v) is 14.7. The normalized spacial score (nSPS) is 13.7. The van der Waals surface area contributed by atoms with Crippen molar-refractivity contribution < 1.29 is 4.12 Å². The molecule has 0 fully saturated rings. The minimum Gasteiger partial charge on any atom is -0.446 e. The summed E-state index contributed by atoms with van der Waals surface area (Å²) in [4.78, 5) is 0. The van der Waals surface area contributed by atoms with Crippen LogP contribution >= 0.6 is 0 Å². The van der Waals surface area contributed by atoms with Gasteiger partial charge in [-0.25, -0.2) is 0 Å². The Hall–Kier alpha value is -1.69. The maximum atomic E-state index is 6.55. The molecule has 3 heteroatoms. The van der Waals surface area contributed by atoms with Gasteiger partial charge in [0.1, 0.15) is 0 Å². The number of rotatable bonds is 6. The Balaban J connectivity index is 2.28. The zero-order chi connectivity index (χ0) is 15.3. The molecule has 2 aromatic rings. The summed E-state index contributed by atoms with van der Waals surface area (Å²) in [5.74, 6) is 0. The van der Waals surface area contributed by atoms with Gasteiger partial charge in [0.15, 0.2) is 0 Å². The molecule has 1 nitrogen and oxygen atoms in total. The van der Waals surface area contributed by atoms with Crippen LogP contribution in [0.1, 0.15) is 5.56 Å². The van der Waals surface area contributed by atoms with Crippen molar-refractivity contribution in [3.05, 3.63) is 79.0 Å². The summed E-state index contributed by atoms with van der Waals surface area (Å²) in [6, 6.07) is 18.9. The van der Waals surface area contributed by atoms with Gasteiger partial charge < -0.3 is 4.12 Å². The van der Waals surface area contributed by atoms with Crippen LogP contribution < -0.4 is 10.4 Å².